The third-order valence-corrected chi connectivity index (χ3v) is 3.60. The Morgan fingerprint density at radius 3 is 2.04 bits per heavy atom. The van der Waals surface area contributed by atoms with Gasteiger partial charge in [0.15, 0.2) is 5.76 Å². The monoisotopic (exact) mass is 315 g/mol. The second-order valence-corrected chi connectivity index (χ2v) is 5.16. The number of carbonyl (C=O) groups excluding carboxylic acids is 1. The predicted molar refractivity (Wildman–Crippen MR) is 91.2 cm³/mol. The predicted octanol–water partition coefficient (Wildman–Crippen LogP) is 4.20. The van der Waals surface area contributed by atoms with Crippen molar-refractivity contribution in [2.45, 2.75) is 0 Å². The lowest BCUT2D eigenvalue weighted by Crippen LogP contribution is -2.27. The average molecular weight is 315 g/mol. The van der Waals surface area contributed by atoms with Gasteiger partial charge in [-0.3, -0.25) is 4.79 Å². The van der Waals surface area contributed by atoms with Gasteiger partial charge in [0.2, 0.25) is 0 Å². The number of pyridine rings is 2. The van der Waals surface area contributed by atoms with Crippen molar-refractivity contribution in [3.63, 3.8) is 0 Å². The molecule has 0 saturated heterocycles. The number of aromatic nitrogens is 2. The molecule has 0 spiro atoms. The minimum absolute atomic E-state index is 0.243. The Balaban J connectivity index is 1.82. The van der Waals surface area contributed by atoms with Crippen LogP contribution in [-0.2, 0) is 0 Å². The van der Waals surface area contributed by atoms with Crippen LogP contribution in [0.3, 0.4) is 0 Å². The molecule has 0 unspecified atom stereocenters. The van der Waals surface area contributed by atoms with E-state index in [9.17, 15) is 4.79 Å². The minimum Gasteiger partial charge on any atom is -0.451 e. The van der Waals surface area contributed by atoms with E-state index in [2.05, 4.69) is 9.97 Å². The van der Waals surface area contributed by atoms with E-state index in [0.29, 0.717) is 17.2 Å². The lowest BCUT2D eigenvalue weighted by atomic mass is 10.2. The molecule has 4 rings (SSSR count). The summed E-state index contributed by atoms with van der Waals surface area (Å²) in [5, 5.41) is 0.878. The molecule has 0 atom stereocenters. The van der Waals surface area contributed by atoms with E-state index in [4.69, 9.17) is 4.42 Å². The second kappa shape index (κ2) is 5.96. The van der Waals surface area contributed by atoms with Crippen LogP contribution < -0.4 is 4.90 Å². The van der Waals surface area contributed by atoms with Crippen LogP contribution in [0.25, 0.3) is 11.0 Å². The number of carbonyl (C=O) groups is 1. The van der Waals surface area contributed by atoms with Gasteiger partial charge < -0.3 is 4.42 Å². The van der Waals surface area contributed by atoms with E-state index in [-0.39, 0.29) is 11.7 Å². The number of nitrogens with zero attached hydrogens (tertiary/aromatic N) is 3. The zero-order valence-electron chi connectivity index (χ0n) is 12.7. The van der Waals surface area contributed by atoms with Gasteiger partial charge in [0, 0.05) is 17.8 Å². The minimum atomic E-state index is -0.316. The molecule has 5 heteroatoms. The number of fused-ring (bicyclic) bond motifs is 1. The van der Waals surface area contributed by atoms with E-state index in [0.717, 1.165) is 5.39 Å². The van der Waals surface area contributed by atoms with E-state index in [1.165, 1.54) is 4.90 Å². The van der Waals surface area contributed by atoms with E-state index < -0.39 is 0 Å². The number of benzene rings is 1. The van der Waals surface area contributed by atoms with Crippen molar-refractivity contribution in [1.82, 2.24) is 9.97 Å². The topological polar surface area (TPSA) is 59.2 Å². The Labute approximate surface area is 138 Å². The smallest absolute Gasteiger partial charge is 0.300 e. The van der Waals surface area contributed by atoms with Crippen LogP contribution in [0.2, 0.25) is 0 Å². The molecule has 24 heavy (non-hydrogen) atoms. The Hall–Kier alpha value is -3.47. The molecular weight excluding hydrogens is 302 g/mol. The largest absolute Gasteiger partial charge is 0.451 e. The van der Waals surface area contributed by atoms with Crippen LogP contribution in [-0.4, -0.2) is 15.9 Å². The van der Waals surface area contributed by atoms with Crippen molar-refractivity contribution in [2.24, 2.45) is 0 Å². The van der Waals surface area contributed by atoms with Gasteiger partial charge in [-0.05, 0) is 36.4 Å². The zero-order valence-corrected chi connectivity index (χ0v) is 12.7. The molecule has 0 saturated carbocycles. The van der Waals surface area contributed by atoms with Crippen molar-refractivity contribution in [3.05, 3.63) is 84.9 Å². The van der Waals surface area contributed by atoms with Gasteiger partial charge in [-0.2, -0.15) is 0 Å². The first-order valence-electron chi connectivity index (χ1n) is 7.48. The maximum atomic E-state index is 13.1. The lowest BCUT2D eigenvalue weighted by Gasteiger charge is -2.19. The molecule has 4 aromatic rings. The quantitative estimate of drug-likeness (QED) is 0.568. The van der Waals surface area contributed by atoms with Crippen molar-refractivity contribution in [3.8, 4) is 0 Å². The highest BCUT2D eigenvalue weighted by Crippen LogP contribution is 2.26. The SMILES string of the molecule is O=C(c1cc2ccccc2o1)N(c1ccccn1)c1ccccn1. The van der Waals surface area contributed by atoms with Crippen LogP contribution >= 0.6 is 0 Å². The normalized spacial score (nSPS) is 10.7. The van der Waals surface area contributed by atoms with Gasteiger partial charge in [-0.1, -0.05) is 30.3 Å². The molecule has 116 valence electrons. The Kier molecular flexibility index (Phi) is 3.51. The highest BCUT2D eigenvalue weighted by atomic mass is 16.3. The highest BCUT2D eigenvalue weighted by Gasteiger charge is 2.24. The number of amides is 1. The molecule has 3 aromatic heterocycles. The van der Waals surface area contributed by atoms with Gasteiger partial charge in [0.25, 0.3) is 0 Å². The average Bonchev–Trinajstić information content (AvgIpc) is 3.08. The first-order chi connectivity index (χ1) is 11.8. The number of para-hydroxylation sites is 1. The maximum absolute atomic E-state index is 13.1. The summed E-state index contributed by atoms with van der Waals surface area (Å²) < 4.78 is 5.71. The molecule has 0 radical (unpaired) electrons. The number of hydrogen-bond acceptors (Lipinski definition) is 4. The summed E-state index contributed by atoms with van der Waals surface area (Å²) in [7, 11) is 0. The van der Waals surface area contributed by atoms with Gasteiger partial charge >= 0.3 is 5.91 Å². The fourth-order valence-electron chi connectivity index (χ4n) is 2.49. The summed E-state index contributed by atoms with van der Waals surface area (Å²) in [6.07, 6.45) is 3.27. The summed E-state index contributed by atoms with van der Waals surface area (Å²) in [5.41, 5.74) is 0.669. The highest BCUT2D eigenvalue weighted by molar-refractivity contribution is 6.09. The first-order valence-corrected chi connectivity index (χ1v) is 7.48. The molecular formula is C19H13N3O2. The molecule has 0 aliphatic carbocycles. The van der Waals surface area contributed by atoms with Gasteiger partial charge in [-0.25, -0.2) is 14.9 Å². The van der Waals surface area contributed by atoms with Gasteiger partial charge in [0.1, 0.15) is 17.2 Å². The maximum Gasteiger partial charge on any atom is 0.300 e. The third-order valence-electron chi connectivity index (χ3n) is 3.60. The number of furan rings is 1. The van der Waals surface area contributed by atoms with Crippen LogP contribution in [0.15, 0.2) is 83.5 Å². The zero-order chi connectivity index (χ0) is 16.4. The van der Waals surface area contributed by atoms with Crippen molar-refractivity contribution < 1.29 is 9.21 Å². The number of rotatable bonds is 3. The standard InChI is InChI=1S/C19H13N3O2/c23-19(16-13-14-7-1-2-8-15(14)24-16)22(17-9-3-5-11-20-17)18-10-4-6-12-21-18/h1-13H. The molecule has 0 aliphatic heterocycles. The van der Waals surface area contributed by atoms with Crippen LogP contribution in [0.4, 0.5) is 11.6 Å². The molecule has 0 bridgehead atoms. The second-order valence-electron chi connectivity index (χ2n) is 5.16. The summed E-state index contributed by atoms with van der Waals surface area (Å²) in [6, 6.07) is 20.0. The number of anilines is 2. The fourth-order valence-corrected chi connectivity index (χ4v) is 2.49. The molecule has 0 aliphatic rings. The Morgan fingerprint density at radius 2 is 1.46 bits per heavy atom. The van der Waals surface area contributed by atoms with Crippen molar-refractivity contribution >= 4 is 28.5 Å². The summed E-state index contributed by atoms with van der Waals surface area (Å²) in [4.78, 5) is 23.1. The Morgan fingerprint density at radius 1 is 0.833 bits per heavy atom. The van der Waals surface area contributed by atoms with E-state index in [1.54, 1.807) is 42.7 Å². The van der Waals surface area contributed by atoms with Crippen LogP contribution in [0, 0.1) is 0 Å². The summed E-state index contributed by atoms with van der Waals surface area (Å²) in [5.74, 6) is 0.902. The summed E-state index contributed by atoms with van der Waals surface area (Å²) >= 11 is 0. The molecule has 3 heterocycles. The molecule has 1 amide bonds. The van der Waals surface area contributed by atoms with Gasteiger partial charge in [0.05, 0.1) is 0 Å². The van der Waals surface area contributed by atoms with Crippen molar-refractivity contribution in [2.75, 3.05) is 4.90 Å². The van der Waals surface area contributed by atoms with E-state index >= 15 is 0 Å². The van der Waals surface area contributed by atoms with E-state index in [1.807, 2.05) is 36.4 Å². The van der Waals surface area contributed by atoms with Crippen LogP contribution in [0.1, 0.15) is 10.6 Å². The Bertz CT molecular complexity index is 909. The number of hydrogen-bond donors (Lipinski definition) is 0. The van der Waals surface area contributed by atoms with Gasteiger partial charge in [-0.15, -0.1) is 0 Å². The lowest BCUT2D eigenvalue weighted by molar-refractivity contribution is 0.0973. The summed E-state index contributed by atoms with van der Waals surface area (Å²) in [6.45, 7) is 0. The van der Waals surface area contributed by atoms with Crippen LogP contribution in [0.5, 0.6) is 0 Å². The fraction of sp³-hybridized carbons (Fsp3) is 0. The van der Waals surface area contributed by atoms with Crippen molar-refractivity contribution in [1.29, 1.82) is 0 Å². The molecule has 0 N–H and O–H groups in total. The molecule has 1 aromatic carbocycles. The third kappa shape index (κ3) is 2.52. The molecule has 0 fully saturated rings. The first kappa shape index (κ1) is 14.1. The molecule has 5 nitrogen and oxygen atoms in total.